The highest BCUT2D eigenvalue weighted by Gasteiger charge is 2.15. The van der Waals surface area contributed by atoms with Crippen molar-refractivity contribution < 1.29 is 4.74 Å². The molecular formula is C8H5Br3N2OS. The fourth-order valence-electron chi connectivity index (χ4n) is 1.16. The van der Waals surface area contributed by atoms with Gasteiger partial charge in [0.1, 0.15) is 10.3 Å². The lowest BCUT2D eigenvalue weighted by Gasteiger charge is -2.05. The van der Waals surface area contributed by atoms with Gasteiger partial charge in [0.2, 0.25) is 5.88 Å². The highest BCUT2D eigenvalue weighted by atomic mass is 79.9. The summed E-state index contributed by atoms with van der Waals surface area (Å²) in [5, 5.41) is 0. The molecule has 2 rings (SSSR count). The lowest BCUT2D eigenvalue weighted by atomic mass is 10.3. The molecule has 3 nitrogen and oxygen atoms in total. The van der Waals surface area contributed by atoms with Crippen LogP contribution < -0.4 is 4.74 Å². The van der Waals surface area contributed by atoms with Gasteiger partial charge in [-0.25, -0.2) is 9.97 Å². The summed E-state index contributed by atoms with van der Waals surface area (Å²) in [6, 6.07) is 1.86. The van der Waals surface area contributed by atoms with Gasteiger partial charge in [-0.3, -0.25) is 0 Å². The van der Waals surface area contributed by atoms with Crippen LogP contribution in [0.25, 0.3) is 10.3 Å². The average molecular weight is 417 g/mol. The minimum atomic E-state index is 0.0402. The van der Waals surface area contributed by atoms with Gasteiger partial charge in [-0.05, 0) is 15.9 Å². The van der Waals surface area contributed by atoms with Gasteiger partial charge < -0.3 is 4.74 Å². The number of nitrogens with zero attached hydrogens (tertiary/aromatic N) is 2. The van der Waals surface area contributed by atoms with Crippen LogP contribution in [0.4, 0.5) is 0 Å². The molecule has 0 aliphatic heterocycles. The fraction of sp³-hybridized carbons (Fsp3) is 0.250. The van der Waals surface area contributed by atoms with Gasteiger partial charge in [-0.2, -0.15) is 0 Å². The Balaban J connectivity index is 2.73. The van der Waals surface area contributed by atoms with Gasteiger partial charge in [0.05, 0.1) is 10.8 Å². The second-order valence-electron chi connectivity index (χ2n) is 2.68. The van der Waals surface area contributed by atoms with Crippen molar-refractivity contribution in [3.05, 3.63) is 15.5 Å². The molecule has 2 aromatic heterocycles. The summed E-state index contributed by atoms with van der Waals surface area (Å²) >= 11 is 11.8. The first-order chi connectivity index (χ1) is 7.11. The van der Waals surface area contributed by atoms with Gasteiger partial charge in [-0.15, -0.1) is 0 Å². The zero-order valence-corrected chi connectivity index (χ0v) is 13.1. The van der Waals surface area contributed by atoms with Gasteiger partial charge in [0, 0.05) is 11.6 Å². The molecule has 0 aliphatic rings. The Hall–Kier alpha value is 0.280. The largest absolute Gasteiger partial charge is 0.481 e. The molecule has 80 valence electrons. The van der Waals surface area contributed by atoms with Crippen LogP contribution in [-0.4, -0.2) is 17.1 Å². The SMILES string of the molecule is COc1cc(C(Br)Br)c2nc(Br)sc2n1. The van der Waals surface area contributed by atoms with E-state index in [4.69, 9.17) is 4.74 Å². The smallest absolute Gasteiger partial charge is 0.214 e. The number of rotatable bonds is 2. The number of fused-ring (bicyclic) bond motifs is 1. The number of hydrogen-bond acceptors (Lipinski definition) is 4. The molecule has 0 bridgehead atoms. The molecular weight excluding hydrogens is 412 g/mol. The third kappa shape index (κ3) is 2.35. The average Bonchev–Trinajstić information content (AvgIpc) is 2.55. The predicted octanol–water partition coefficient (Wildman–Crippen LogP) is 4.25. The van der Waals surface area contributed by atoms with Gasteiger partial charge in [0.25, 0.3) is 0 Å². The number of hydrogen-bond donors (Lipinski definition) is 0. The van der Waals surface area contributed by atoms with Crippen LogP contribution in [0, 0.1) is 0 Å². The van der Waals surface area contributed by atoms with Crippen LogP contribution in [0.1, 0.15) is 9.30 Å². The summed E-state index contributed by atoms with van der Waals surface area (Å²) in [6.45, 7) is 0. The number of halogens is 3. The first-order valence-electron chi connectivity index (χ1n) is 3.91. The number of thiazole rings is 1. The monoisotopic (exact) mass is 414 g/mol. The topological polar surface area (TPSA) is 35.0 Å². The molecule has 0 N–H and O–H groups in total. The van der Waals surface area contributed by atoms with Crippen LogP contribution in [0.3, 0.4) is 0 Å². The van der Waals surface area contributed by atoms with E-state index >= 15 is 0 Å². The maximum absolute atomic E-state index is 5.13. The normalized spacial score (nSPS) is 11.3. The maximum atomic E-state index is 5.13. The van der Waals surface area contributed by atoms with Crippen molar-refractivity contribution in [3.63, 3.8) is 0 Å². The van der Waals surface area contributed by atoms with Crippen molar-refractivity contribution in [2.45, 2.75) is 3.74 Å². The predicted molar refractivity (Wildman–Crippen MR) is 72.3 cm³/mol. The Bertz CT molecular complexity index is 500. The van der Waals surface area contributed by atoms with E-state index in [0.717, 1.165) is 19.8 Å². The van der Waals surface area contributed by atoms with Crippen LogP contribution in [0.5, 0.6) is 5.88 Å². The molecule has 2 aromatic rings. The Morgan fingerprint density at radius 1 is 1.40 bits per heavy atom. The molecule has 0 aliphatic carbocycles. The Morgan fingerprint density at radius 2 is 2.13 bits per heavy atom. The van der Waals surface area contributed by atoms with E-state index in [1.165, 1.54) is 11.3 Å². The van der Waals surface area contributed by atoms with Crippen molar-refractivity contribution in [3.8, 4) is 5.88 Å². The number of pyridine rings is 1. The summed E-state index contributed by atoms with van der Waals surface area (Å²) in [4.78, 5) is 9.55. The van der Waals surface area contributed by atoms with E-state index in [9.17, 15) is 0 Å². The third-order valence-corrected chi connectivity index (χ3v) is 4.18. The third-order valence-electron chi connectivity index (χ3n) is 1.79. The van der Waals surface area contributed by atoms with Crippen molar-refractivity contribution in [2.75, 3.05) is 7.11 Å². The molecule has 0 amide bonds. The molecule has 0 aromatic carbocycles. The summed E-state index contributed by atoms with van der Waals surface area (Å²) in [7, 11) is 1.60. The Kier molecular flexibility index (Phi) is 3.64. The van der Waals surface area contributed by atoms with Crippen LogP contribution in [0.2, 0.25) is 0 Å². The van der Waals surface area contributed by atoms with Crippen molar-refractivity contribution in [1.82, 2.24) is 9.97 Å². The lowest BCUT2D eigenvalue weighted by molar-refractivity contribution is 0.399. The number of ether oxygens (including phenoxy) is 1. The summed E-state index contributed by atoms with van der Waals surface area (Å²) < 4.78 is 5.99. The number of methoxy groups -OCH3 is 1. The lowest BCUT2D eigenvalue weighted by Crippen LogP contribution is -1.91. The van der Waals surface area contributed by atoms with E-state index in [0.29, 0.717) is 5.88 Å². The van der Waals surface area contributed by atoms with E-state index < -0.39 is 0 Å². The minimum Gasteiger partial charge on any atom is -0.481 e. The maximum Gasteiger partial charge on any atom is 0.214 e. The van der Waals surface area contributed by atoms with E-state index in [1.54, 1.807) is 7.11 Å². The second-order valence-corrected chi connectivity index (χ2v) is 7.99. The quantitative estimate of drug-likeness (QED) is 0.686. The molecule has 2 heterocycles. The van der Waals surface area contributed by atoms with Gasteiger partial charge in [0.15, 0.2) is 3.92 Å². The summed E-state index contributed by atoms with van der Waals surface area (Å²) in [6.07, 6.45) is 0. The summed E-state index contributed by atoms with van der Waals surface area (Å²) in [5.74, 6) is 0.595. The van der Waals surface area contributed by atoms with Gasteiger partial charge >= 0.3 is 0 Å². The molecule has 0 atom stereocenters. The van der Waals surface area contributed by atoms with E-state index in [2.05, 4.69) is 57.8 Å². The molecule has 7 heteroatoms. The molecule has 0 spiro atoms. The zero-order valence-electron chi connectivity index (χ0n) is 7.50. The molecule has 0 saturated heterocycles. The highest BCUT2D eigenvalue weighted by Crippen LogP contribution is 2.38. The second kappa shape index (κ2) is 4.65. The molecule has 15 heavy (non-hydrogen) atoms. The standard InChI is InChI=1S/C8H5Br3N2OS/c1-14-4-2-3(6(9)10)5-7(12-4)15-8(11)13-5/h2,6H,1H3. The fourth-order valence-corrected chi connectivity index (χ4v) is 3.18. The zero-order chi connectivity index (χ0) is 11.0. The molecule has 0 fully saturated rings. The Morgan fingerprint density at radius 3 is 2.73 bits per heavy atom. The van der Waals surface area contributed by atoms with Crippen molar-refractivity contribution >= 4 is 69.5 Å². The first-order valence-corrected chi connectivity index (χ1v) is 7.35. The highest BCUT2D eigenvalue weighted by molar-refractivity contribution is 9.24. The van der Waals surface area contributed by atoms with Crippen molar-refractivity contribution in [1.29, 1.82) is 0 Å². The minimum absolute atomic E-state index is 0.0402. The molecule has 0 unspecified atom stereocenters. The van der Waals surface area contributed by atoms with E-state index in [1.807, 2.05) is 6.07 Å². The van der Waals surface area contributed by atoms with Crippen LogP contribution in [0.15, 0.2) is 9.98 Å². The Labute approximate surface area is 116 Å². The van der Waals surface area contributed by atoms with E-state index in [-0.39, 0.29) is 3.74 Å². The molecule has 0 radical (unpaired) electrons. The van der Waals surface area contributed by atoms with Crippen LogP contribution >= 0.6 is 59.1 Å². The number of alkyl halides is 2. The van der Waals surface area contributed by atoms with Crippen LogP contribution in [-0.2, 0) is 0 Å². The van der Waals surface area contributed by atoms with Crippen molar-refractivity contribution in [2.24, 2.45) is 0 Å². The summed E-state index contributed by atoms with van der Waals surface area (Å²) in [5.41, 5.74) is 1.89. The van der Waals surface area contributed by atoms with Gasteiger partial charge in [-0.1, -0.05) is 43.2 Å². The number of aromatic nitrogens is 2. The first kappa shape index (κ1) is 11.8. The molecule has 0 saturated carbocycles.